The highest BCUT2D eigenvalue weighted by molar-refractivity contribution is 7.89. The second-order valence-electron chi connectivity index (χ2n) is 4.58. The van der Waals surface area contributed by atoms with E-state index in [2.05, 4.69) is 0 Å². The van der Waals surface area contributed by atoms with Gasteiger partial charge in [0.1, 0.15) is 4.90 Å². The maximum absolute atomic E-state index is 12.7. The van der Waals surface area contributed by atoms with Crippen LogP contribution in [0.2, 0.25) is 10.0 Å². The Hall–Kier alpha value is -0.0400. The van der Waals surface area contributed by atoms with E-state index in [1.165, 1.54) is 16.4 Å². The fourth-order valence-electron chi connectivity index (χ4n) is 2.33. The lowest BCUT2D eigenvalue weighted by Gasteiger charge is -2.34. The molecule has 1 atom stereocenters. The SMILES string of the molecule is Cl.NCC1CCCCN1S(=O)(=O)c1cc(Cl)ccc1Cl. The number of rotatable bonds is 3. The molecule has 1 aliphatic rings. The topological polar surface area (TPSA) is 63.4 Å². The van der Waals surface area contributed by atoms with Gasteiger partial charge in [0, 0.05) is 24.2 Å². The molecule has 0 aromatic heterocycles. The summed E-state index contributed by atoms with van der Waals surface area (Å²) in [5, 5.41) is 0.537. The molecular formula is C12H17Cl3N2O2S. The summed E-state index contributed by atoms with van der Waals surface area (Å²) in [6.45, 7) is 0.796. The van der Waals surface area contributed by atoms with Gasteiger partial charge in [-0.2, -0.15) is 4.31 Å². The van der Waals surface area contributed by atoms with Crippen LogP contribution in [0.5, 0.6) is 0 Å². The van der Waals surface area contributed by atoms with Crippen LogP contribution in [0.25, 0.3) is 0 Å². The quantitative estimate of drug-likeness (QED) is 0.902. The normalized spacial score (nSPS) is 20.4. The molecule has 1 fully saturated rings. The van der Waals surface area contributed by atoms with Gasteiger partial charge in [-0.1, -0.05) is 29.6 Å². The minimum Gasteiger partial charge on any atom is -0.329 e. The van der Waals surface area contributed by atoms with Crippen LogP contribution in [-0.4, -0.2) is 31.9 Å². The summed E-state index contributed by atoms with van der Waals surface area (Å²) in [6.07, 6.45) is 2.62. The van der Waals surface area contributed by atoms with Crippen LogP contribution in [0, 0.1) is 0 Å². The summed E-state index contributed by atoms with van der Waals surface area (Å²) in [5.41, 5.74) is 5.67. The molecule has 0 bridgehead atoms. The van der Waals surface area contributed by atoms with E-state index in [0.717, 1.165) is 19.3 Å². The van der Waals surface area contributed by atoms with Crippen molar-refractivity contribution in [2.75, 3.05) is 13.1 Å². The molecule has 0 spiro atoms. The first-order chi connectivity index (χ1) is 8.96. The van der Waals surface area contributed by atoms with Crippen molar-refractivity contribution in [1.29, 1.82) is 0 Å². The Bertz CT molecular complexity index is 566. The number of hydrogen-bond donors (Lipinski definition) is 1. The van der Waals surface area contributed by atoms with Gasteiger partial charge in [0.05, 0.1) is 5.02 Å². The lowest BCUT2D eigenvalue weighted by molar-refractivity contribution is 0.257. The Morgan fingerprint density at radius 2 is 2.00 bits per heavy atom. The van der Waals surface area contributed by atoms with E-state index in [0.29, 0.717) is 18.1 Å². The molecule has 2 rings (SSSR count). The first-order valence-electron chi connectivity index (χ1n) is 6.14. The van der Waals surface area contributed by atoms with Crippen molar-refractivity contribution >= 4 is 45.6 Å². The second-order valence-corrected chi connectivity index (χ2v) is 7.28. The zero-order chi connectivity index (χ0) is 14.0. The van der Waals surface area contributed by atoms with Crippen molar-refractivity contribution in [3.05, 3.63) is 28.2 Å². The molecule has 20 heavy (non-hydrogen) atoms. The molecule has 1 aliphatic heterocycles. The second kappa shape index (κ2) is 7.29. The minimum atomic E-state index is -3.64. The van der Waals surface area contributed by atoms with Crippen LogP contribution in [0.3, 0.4) is 0 Å². The molecule has 4 nitrogen and oxygen atoms in total. The van der Waals surface area contributed by atoms with E-state index < -0.39 is 10.0 Å². The Kier molecular flexibility index (Phi) is 6.57. The van der Waals surface area contributed by atoms with E-state index in [1.54, 1.807) is 6.07 Å². The molecule has 1 heterocycles. The third kappa shape index (κ3) is 3.59. The molecule has 0 radical (unpaired) electrons. The van der Waals surface area contributed by atoms with Gasteiger partial charge >= 0.3 is 0 Å². The number of benzene rings is 1. The first kappa shape index (κ1) is 18.0. The number of halogens is 3. The standard InChI is InChI=1S/C12H16Cl2N2O2S.ClH/c13-9-4-5-11(14)12(7-9)19(17,18)16-6-2-1-3-10(16)8-15;/h4-5,7,10H,1-3,6,8,15H2;1H. The van der Waals surface area contributed by atoms with Gasteiger partial charge in [0.15, 0.2) is 0 Å². The Labute approximate surface area is 135 Å². The molecule has 114 valence electrons. The Balaban J connectivity index is 0.00000200. The highest BCUT2D eigenvalue weighted by Crippen LogP contribution is 2.31. The summed E-state index contributed by atoms with van der Waals surface area (Å²) in [6, 6.07) is 4.30. The molecule has 0 saturated carbocycles. The van der Waals surface area contributed by atoms with Crippen LogP contribution >= 0.6 is 35.6 Å². The van der Waals surface area contributed by atoms with Gasteiger partial charge in [-0.3, -0.25) is 0 Å². The van der Waals surface area contributed by atoms with Crippen molar-refractivity contribution in [3.8, 4) is 0 Å². The van der Waals surface area contributed by atoms with E-state index >= 15 is 0 Å². The zero-order valence-corrected chi connectivity index (χ0v) is 13.9. The average Bonchev–Trinajstić information content (AvgIpc) is 2.41. The molecule has 8 heteroatoms. The fourth-order valence-corrected chi connectivity index (χ4v) is 4.77. The predicted molar refractivity (Wildman–Crippen MR) is 84.3 cm³/mol. The third-order valence-corrected chi connectivity index (χ3v) is 5.99. The summed E-state index contributed by atoms with van der Waals surface area (Å²) in [7, 11) is -3.64. The largest absolute Gasteiger partial charge is 0.329 e. The Morgan fingerprint density at radius 3 is 2.65 bits per heavy atom. The molecular weight excluding hydrogens is 343 g/mol. The third-order valence-electron chi connectivity index (χ3n) is 3.33. The summed E-state index contributed by atoms with van der Waals surface area (Å²) >= 11 is 11.9. The van der Waals surface area contributed by atoms with Crippen molar-refractivity contribution in [3.63, 3.8) is 0 Å². The van der Waals surface area contributed by atoms with Gasteiger partial charge in [0.25, 0.3) is 0 Å². The van der Waals surface area contributed by atoms with Crippen molar-refractivity contribution < 1.29 is 8.42 Å². The highest BCUT2D eigenvalue weighted by atomic mass is 35.5. The van der Waals surface area contributed by atoms with Gasteiger partial charge in [0.2, 0.25) is 10.0 Å². The molecule has 0 aliphatic carbocycles. The van der Waals surface area contributed by atoms with Gasteiger partial charge in [-0.05, 0) is 31.0 Å². The van der Waals surface area contributed by atoms with Crippen molar-refractivity contribution in [1.82, 2.24) is 4.31 Å². The highest BCUT2D eigenvalue weighted by Gasteiger charge is 2.34. The summed E-state index contributed by atoms with van der Waals surface area (Å²) < 4.78 is 26.8. The predicted octanol–water partition coefficient (Wildman–Crippen LogP) is 2.92. The van der Waals surface area contributed by atoms with Gasteiger partial charge in [-0.25, -0.2) is 8.42 Å². The van der Waals surface area contributed by atoms with Crippen LogP contribution in [0.1, 0.15) is 19.3 Å². The molecule has 1 aromatic rings. The molecule has 2 N–H and O–H groups in total. The lowest BCUT2D eigenvalue weighted by Crippen LogP contribution is -2.47. The van der Waals surface area contributed by atoms with Gasteiger partial charge < -0.3 is 5.73 Å². The maximum Gasteiger partial charge on any atom is 0.244 e. The van der Waals surface area contributed by atoms with Crippen LogP contribution < -0.4 is 5.73 Å². The van der Waals surface area contributed by atoms with Gasteiger partial charge in [-0.15, -0.1) is 12.4 Å². The number of sulfonamides is 1. The monoisotopic (exact) mass is 358 g/mol. The lowest BCUT2D eigenvalue weighted by atomic mass is 10.1. The van der Waals surface area contributed by atoms with Crippen molar-refractivity contribution in [2.45, 2.75) is 30.2 Å². The molecule has 1 unspecified atom stereocenters. The summed E-state index contributed by atoms with van der Waals surface area (Å²) in [4.78, 5) is 0.0574. The zero-order valence-electron chi connectivity index (χ0n) is 10.8. The van der Waals surface area contributed by atoms with E-state index in [4.69, 9.17) is 28.9 Å². The number of nitrogens with two attached hydrogens (primary N) is 1. The maximum atomic E-state index is 12.7. The number of hydrogen-bond acceptors (Lipinski definition) is 3. The van der Waals surface area contributed by atoms with Crippen molar-refractivity contribution in [2.24, 2.45) is 5.73 Å². The van der Waals surface area contributed by atoms with E-state index in [1.807, 2.05) is 0 Å². The molecule has 1 saturated heterocycles. The molecule has 0 amide bonds. The molecule has 1 aromatic carbocycles. The van der Waals surface area contributed by atoms with E-state index in [9.17, 15) is 8.42 Å². The van der Waals surface area contributed by atoms with Crippen LogP contribution in [0.4, 0.5) is 0 Å². The average molecular weight is 360 g/mol. The fraction of sp³-hybridized carbons (Fsp3) is 0.500. The minimum absolute atomic E-state index is 0. The number of piperidine rings is 1. The van der Waals surface area contributed by atoms with Crippen LogP contribution in [0.15, 0.2) is 23.1 Å². The summed E-state index contributed by atoms with van der Waals surface area (Å²) in [5.74, 6) is 0. The Morgan fingerprint density at radius 1 is 1.30 bits per heavy atom. The first-order valence-corrected chi connectivity index (χ1v) is 8.33. The smallest absolute Gasteiger partial charge is 0.244 e. The van der Waals surface area contributed by atoms with Crippen LogP contribution in [-0.2, 0) is 10.0 Å². The number of nitrogens with zero attached hydrogens (tertiary/aromatic N) is 1. The van der Waals surface area contributed by atoms with E-state index in [-0.39, 0.29) is 28.4 Å².